The summed E-state index contributed by atoms with van der Waals surface area (Å²) in [6, 6.07) is 20.4. The lowest BCUT2D eigenvalue weighted by atomic mass is 10.1. The van der Waals surface area contributed by atoms with E-state index in [0.29, 0.717) is 22.7 Å². The van der Waals surface area contributed by atoms with E-state index in [-0.39, 0.29) is 17.7 Å². The quantitative estimate of drug-likeness (QED) is 0.317. The van der Waals surface area contributed by atoms with E-state index >= 15 is 0 Å². The topological polar surface area (TPSA) is 109 Å². The highest BCUT2D eigenvalue weighted by atomic mass is 79.9. The van der Waals surface area contributed by atoms with Crippen molar-refractivity contribution in [1.82, 2.24) is 0 Å². The third kappa shape index (κ3) is 6.45. The first-order chi connectivity index (χ1) is 15.9. The second-order valence-electron chi connectivity index (χ2n) is 6.84. The van der Waals surface area contributed by atoms with Gasteiger partial charge in [0.15, 0.2) is 11.5 Å². The monoisotopic (exact) mass is 506 g/mol. The lowest BCUT2D eigenvalue weighted by molar-refractivity contribution is -0.112. The molecule has 166 valence electrons. The second-order valence-corrected chi connectivity index (χ2v) is 7.75. The average molecular weight is 507 g/mol. The van der Waals surface area contributed by atoms with E-state index < -0.39 is 11.9 Å². The van der Waals surface area contributed by atoms with Crippen molar-refractivity contribution in [2.45, 2.75) is 6.61 Å². The minimum Gasteiger partial charge on any atom is -0.493 e. The molecule has 0 atom stereocenters. The van der Waals surface area contributed by atoms with E-state index in [0.717, 1.165) is 10.0 Å². The van der Waals surface area contributed by atoms with Crippen LogP contribution in [0.15, 0.2) is 76.8 Å². The van der Waals surface area contributed by atoms with Gasteiger partial charge in [0, 0.05) is 10.2 Å². The molecule has 0 fully saturated rings. The Morgan fingerprint density at radius 2 is 1.85 bits per heavy atom. The van der Waals surface area contributed by atoms with Crippen LogP contribution in [0.4, 0.5) is 5.69 Å². The number of carbonyl (C=O) groups is 2. The van der Waals surface area contributed by atoms with E-state index in [1.807, 2.05) is 12.1 Å². The smallest absolute Gasteiger partial charge is 0.335 e. The maximum atomic E-state index is 12.5. The fourth-order valence-electron chi connectivity index (χ4n) is 2.88. The van der Waals surface area contributed by atoms with Crippen molar-refractivity contribution in [1.29, 1.82) is 5.26 Å². The van der Waals surface area contributed by atoms with Crippen LogP contribution in [-0.2, 0) is 11.4 Å². The number of methoxy groups -OCH3 is 1. The normalized spacial score (nSPS) is 10.8. The molecule has 0 unspecified atom stereocenters. The van der Waals surface area contributed by atoms with Crippen molar-refractivity contribution in [2.75, 3.05) is 12.4 Å². The maximum Gasteiger partial charge on any atom is 0.335 e. The molecule has 8 heteroatoms. The summed E-state index contributed by atoms with van der Waals surface area (Å²) < 4.78 is 12.0. The zero-order valence-corrected chi connectivity index (χ0v) is 19.1. The maximum absolute atomic E-state index is 12.5. The lowest BCUT2D eigenvalue weighted by Crippen LogP contribution is -2.13. The van der Waals surface area contributed by atoms with Gasteiger partial charge in [-0.3, -0.25) is 4.79 Å². The number of hydrogen-bond donors (Lipinski definition) is 2. The molecule has 2 N–H and O–H groups in total. The molecule has 0 aliphatic rings. The highest BCUT2D eigenvalue weighted by Gasteiger charge is 2.12. The summed E-state index contributed by atoms with van der Waals surface area (Å²) in [5, 5.41) is 21.1. The number of carboxylic acid groups (broad SMARTS) is 1. The van der Waals surface area contributed by atoms with Crippen LogP contribution in [0, 0.1) is 11.3 Å². The molecule has 1 amide bonds. The minimum absolute atomic E-state index is 0.0655. The van der Waals surface area contributed by atoms with Gasteiger partial charge < -0.3 is 19.9 Å². The molecule has 3 aromatic rings. The first-order valence-electron chi connectivity index (χ1n) is 9.71. The summed E-state index contributed by atoms with van der Waals surface area (Å²) in [4.78, 5) is 23.4. The molecule has 0 radical (unpaired) electrons. The number of nitrogens with one attached hydrogen (secondary N) is 1. The second kappa shape index (κ2) is 11.0. The van der Waals surface area contributed by atoms with E-state index in [1.165, 1.54) is 25.3 Å². The Morgan fingerprint density at radius 3 is 2.48 bits per heavy atom. The molecular weight excluding hydrogens is 488 g/mol. The molecule has 3 rings (SSSR count). The third-order valence-corrected chi connectivity index (χ3v) is 5.03. The molecule has 0 heterocycles. The molecule has 0 aromatic heterocycles. The van der Waals surface area contributed by atoms with Gasteiger partial charge in [0.05, 0.1) is 12.7 Å². The summed E-state index contributed by atoms with van der Waals surface area (Å²) >= 11 is 3.34. The summed E-state index contributed by atoms with van der Waals surface area (Å²) in [6.07, 6.45) is 1.46. The number of carboxylic acids is 1. The van der Waals surface area contributed by atoms with Crippen molar-refractivity contribution >= 4 is 39.6 Å². The van der Waals surface area contributed by atoms with E-state index in [9.17, 15) is 14.9 Å². The van der Waals surface area contributed by atoms with Crippen molar-refractivity contribution in [3.05, 3.63) is 93.5 Å². The van der Waals surface area contributed by atoms with Crippen LogP contribution in [0.1, 0.15) is 21.5 Å². The summed E-state index contributed by atoms with van der Waals surface area (Å²) in [5.74, 6) is -0.626. The van der Waals surface area contributed by atoms with Gasteiger partial charge in [-0.2, -0.15) is 5.26 Å². The number of nitrogens with zero attached hydrogens (tertiary/aromatic N) is 1. The number of halogens is 1. The average Bonchev–Trinajstić information content (AvgIpc) is 2.81. The number of nitriles is 1. The summed E-state index contributed by atoms with van der Waals surface area (Å²) in [6.45, 7) is 0.212. The Balaban J connectivity index is 1.73. The zero-order chi connectivity index (χ0) is 23.8. The number of hydrogen-bond acceptors (Lipinski definition) is 5. The van der Waals surface area contributed by atoms with Crippen molar-refractivity contribution in [3.63, 3.8) is 0 Å². The van der Waals surface area contributed by atoms with Crippen molar-refractivity contribution < 1.29 is 24.2 Å². The van der Waals surface area contributed by atoms with Crippen molar-refractivity contribution in [3.8, 4) is 17.6 Å². The largest absolute Gasteiger partial charge is 0.493 e. The summed E-state index contributed by atoms with van der Waals surface area (Å²) in [7, 11) is 1.49. The molecule has 7 nitrogen and oxygen atoms in total. The molecule has 0 bridgehead atoms. The van der Waals surface area contributed by atoms with Crippen LogP contribution < -0.4 is 14.8 Å². The lowest BCUT2D eigenvalue weighted by Gasteiger charge is -2.12. The zero-order valence-electron chi connectivity index (χ0n) is 17.5. The number of anilines is 1. The molecule has 0 saturated heterocycles. The predicted molar refractivity (Wildman–Crippen MR) is 127 cm³/mol. The highest BCUT2D eigenvalue weighted by molar-refractivity contribution is 9.10. The van der Waals surface area contributed by atoms with Crippen LogP contribution in [0.25, 0.3) is 6.08 Å². The fourth-order valence-corrected chi connectivity index (χ4v) is 3.28. The molecule has 0 aliphatic carbocycles. The van der Waals surface area contributed by atoms with E-state index in [1.54, 1.807) is 48.5 Å². The molecule has 0 saturated carbocycles. The number of rotatable bonds is 8. The molecular formula is C25H19BrN2O5. The summed E-state index contributed by atoms with van der Waals surface area (Å²) in [5.41, 5.74) is 2.08. The van der Waals surface area contributed by atoms with Gasteiger partial charge in [0.25, 0.3) is 5.91 Å². The van der Waals surface area contributed by atoms with Crippen LogP contribution in [0.5, 0.6) is 11.5 Å². The molecule has 3 aromatic carbocycles. The van der Waals surface area contributed by atoms with Crippen LogP contribution in [-0.4, -0.2) is 24.1 Å². The molecule has 0 spiro atoms. The SMILES string of the molecule is COc1cc(/C=C(\C#N)C(=O)Nc2cccc(Br)c2)ccc1OCc1ccc(C(=O)O)cc1. The number of benzene rings is 3. The van der Waals surface area contributed by atoms with Crippen LogP contribution in [0.3, 0.4) is 0 Å². The predicted octanol–water partition coefficient (Wildman–Crippen LogP) is 5.28. The van der Waals surface area contributed by atoms with Crippen LogP contribution in [0.2, 0.25) is 0 Å². The number of aromatic carboxylic acids is 1. The first-order valence-corrected chi connectivity index (χ1v) is 10.5. The number of amides is 1. The van der Waals surface area contributed by atoms with Gasteiger partial charge in [-0.15, -0.1) is 0 Å². The van der Waals surface area contributed by atoms with Gasteiger partial charge in [0.1, 0.15) is 18.2 Å². The Kier molecular flexibility index (Phi) is 7.84. The highest BCUT2D eigenvalue weighted by Crippen LogP contribution is 2.30. The van der Waals surface area contributed by atoms with Gasteiger partial charge >= 0.3 is 5.97 Å². The Bertz CT molecular complexity index is 1250. The first kappa shape index (κ1) is 23.6. The third-order valence-electron chi connectivity index (χ3n) is 4.54. The molecule has 33 heavy (non-hydrogen) atoms. The fraction of sp³-hybridized carbons (Fsp3) is 0.0800. The van der Waals surface area contributed by atoms with Crippen molar-refractivity contribution in [2.24, 2.45) is 0 Å². The minimum atomic E-state index is -0.991. The molecule has 0 aliphatic heterocycles. The van der Waals surface area contributed by atoms with Gasteiger partial charge in [-0.05, 0) is 59.7 Å². The number of carbonyl (C=O) groups excluding carboxylic acids is 1. The van der Waals surface area contributed by atoms with Gasteiger partial charge in [-0.1, -0.05) is 40.2 Å². The standard InChI is InChI=1S/C25H19BrN2O5/c1-32-23-12-17(11-19(14-27)24(29)28-21-4-2-3-20(26)13-21)7-10-22(23)33-15-16-5-8-18(9-6-16)25(30)31/h2-13H,15H2,1H3,(H,28,29)(H,30,31)/b19-11+. The Labute approximate surface area is 199 Å². The van der Waals surface area contributed by atoms with Gasteiger partial charge in [-0.25, -0.2) is 4.79 Å². The Hall–Kier alpha value is -4.09. The van der Waals surface area contributed by atoms with E-state index in [4.69, 9.17) is 14.6 Å². The van der Waals surface area contributed by atoms with E-state index in [2.05, 4.69) is 21.2 Å². The van der Waals surface area contributed by atoms with Gasteiger partial charge in [0.2, 0.25) is 0 Å². The number of ether oxygens (including phenoxy) is 2. The Morgan fingerprint density at radius 1 is 1.09 bits per heavy atom. The van der Waals surface area contributed by atoms with Crippen LogP contribution >= 0.6 is 15.9 Å².